The number of nitrogens with zero attached hydrogens (tertiary/aromatic N) is 3. The topological polar surface area (TPSA) is 78.4 Å². The Balaban J connectivity index is 1.43. The van der Waals surface area contributed by atoms with Gasteiger partial charge < -0.3 is 15.3 Å². The maximum atomic E-state index is 13.4. The number of rotatable bonds is 4. The van der Waals surface area contributed by atoms with Crippen LogP contribution in [0, 0.1) is 23.6 Å². The number of pyridine rings is 2. The summed E-state index contributed by atoms with van der Waals surface area (Å²) in [6, 6.07) is 7.24. The van der Waals surface area contributed by atoms with E-state index in [0.717, 1.165) is 37.4 Å². The van der Waals surface area contributed by atoms with Crippen LogP contribution in [0.5, 0.6) is 0 Å². The Kier molecular flexibility index (Phi) is 4.44. The predicted molar refractivity (Wildman–Crippen MR) is 95.4 cm³/mol. The molecule has 1 saturated carbocycles. The molecule has 1 saturated heterocycles. The van der Waals surface area contributed by atoms with Gasteiger partial charge in [-0.25, -0.2) is 14.2 Å². The van der Waals surface area contributed by atoms with Crippen molar-refractivity contribution in [3.63, 3.8) is 0 Å². The Morgan fingerprint density at radius 2 is 2.04 bits per heavy atom. The summed E-state index contributed by atoms with van der Waals surface area (Å²) >= 11 is 0. The van der Waals surface area contributed by atoms with Crippen LogP contribution in [0.3, 0.4) is 0 Å². The van der Waals surface area contributed by atoms with E-state index in [4.69, 9.17) is 10.1 Å². The summed E-state index contributed by atoms with van der Waals surface area (Å²) in [5.41, 5.74) is 1.39. The third-order valence-corrected chi connectivity index (χ3v) is 5.45. The van der Waals surface area contributed by atoms with Crippen LogP contribution in [0.2, 0.25) is 0 Å². The SMILES string of the molecule is O=C(O)NC[C@@H]1C[C@@H]2CN(c3cccc(-c4cncc(F)c4)n3)C[C@@H]2C1. The van der Waals surface area contributed by atoms with Crippen molar-refractivity contribution in [1.82, 2.24) is 15.3 Å². The first kappa shape index (κ1) is 16.8. The molecule has 0 spiro atoms. The highest BCUT2D eigenvalue weighted by atomic mass is 19.1. The molecule has 0 unspecified atom stereocenters. The molecule has 1 aliphatic carbocycles. The lowest BCUT2D eigenvalue weighted by molar-refractivity contribution is 0.192. The zero-order valence-corrected chi connectivity index (χ0v) is 14.3. The van der Waals surface area contributed by atoms with Crippen molar-refractivity contribution >= 4 is 11.9 Å². The number of hydrogen-bond donors (Lipinski definition) is 2. The van der Waals surface area contributed by atoms with Crippen molar-refractivity contribution in [2.24, 2.45) is 17.8 Å². The number of amides is 1. The molecule has 2 aromatic heterocycles. The molecule has 2 aromatic rings. The highest BCUT2D eigenvalue weighted by Gasteiger charge is 2.41. The molecular weight excluding hydrogens is 335 g/mol. The van der Waals surface area contributed by atoms with Gasteiger partial charge in [0, 0.05) is 31.4 Å². The van der Waals surface area contributed by atoms with Gasteiger partial charge in [-0.3, -0.25) is 4.98 Å². The molecule has 1 aliphatic heterocycles. The largest absolute Gasteiger partial charge is 0.465 e. The molecule has 136 valence electrons. The van der Waals surface area contributed by atoms with E-state index in [-0.39, 0.29) is 5.82 Å². The Hall–Kier alpha value is -2.70. The van der Waals surface area contributed by atoms with Crippen LogP contribution in [-0.2, 0) is 0 Å². The molecule has 2 fully saturated rings. The molecule has 0 bridgehead atoms. The van der Waals surface area contributed by atoms with Gasteiger partial charge in [0.1, 0.15) is 11.6 Å². The van der Waals surface area contributed by atoms with Crippen LogP contribution in [-0.4, -0.2) is 40.8 Å². The fraction of sp³-hybridized carbons (Fsp3) is 0.421. The minimum atomic E-state index is -0.948. The first-order valence-electron chi connectivity index (χ1n) is 8.88. The van der Waals surface area contributed by atoms with E-state index in [2.05, 4.69) is 15.2 Å². The van der Waals surface area contributed by atoms with Gasteiger partial charge in [-0.2, -0.15) is 0 Å². The van der Waals surface area contributed by atoms with Gasteiger partial charge in [-0.05, 0) is 48.8 Å². The molecule has 0 aromatic carbocycles. The van der Waals surface area contributed by atoms with E-state index in [9.17, 15) is 9.18 Å². The second-order valence-electron chi connectivity index (χ2n) is 7.22. The second-order valence-corrected chi connectivity index (χ2v) is 7.22. The summed E-state index contributed by atoms with van der Waals surface area (Å²) in [6.07, 6.45) is 3.96. The fourth-order valence-electron chi connectivity index (χ4n) is 4.32. The van der Waals surface area contributed by atoms with Gasteiger partial charge in [-0.15, -0.1) is 0 Å². The van der Waals surface area contributed by atoms with Crippen molar-refractivity contribution < 1.29 is 14.3 Å². The Bertz CT molecular complexity index is 802. The number of halogens is 1. The Morgan fingerprint density at radius 3 is 2.73 bits per heavy atom. The maximum absolute atomic E-state index is 13.4. The number of hydrogen-bond acceptors (Lipinski definition) is 4. The second kappa shape index (κ2) is 6.90. The van der Waals surface area contributed by atoms with Crippen LogP contribution in [0.1, 0.15) is 12.8 Å². The molecule has 3 heterocycles. The van der Waals surface area contributed by atoms with Gasteiger partial charge in [0.15, 0.2) is 0 Å². The average Bonchev–Trinajstić information content (AvgIpc) is 3.19. The normalized spacial score (nSPS) is 24.5. The Morgan fingerprint density at radius 1 is 1.27 bits per heavy atom. The quantitative estimate of drug-likeness (QED) is 0.880. The number of carboxylic acid groups (broad SMARTS) is 1. The number of fused-ring (bicyclic) bond motifs is 1. The van der Waals surface area contributed by atoms with Crippen LogP contribution in [0.4, 0.5) is 15.0 Å². The summed E-state index contributed by atoms with van der Waals surface area (Å²) in [4.78, 5) is 21.5. The zero-order valence-electron chi connectivity index (χ0n) is 14.3. The Labute approximate surface area is 151 Å². The molecule has 4 rings (SSSR count). The number of nitrogens with one attached hydrogen (secondary N) is 1. The van der Waals surface area contributed by atoms with Crippen LogP contribution >= 0.6 is 0 Å². The molecule has 7 heteroatoms. The number of carbonyl (C=O) groups is 1. The minimum absolute atomic E-state index is 0.369. The van der Waals surface area contributed by atoms with Gasteiger partial charge in [-0.1, -0.05) is 6.07 Å². The lowest BCUT2D eigenvalue weighted by Crippen LogP contribution is -2.28. The third kappa shape index (κ3) is 3.47. The first-order chi connectivity index (χ1) is 12.6. The van der Waals surface area contributed by atoms with Crippen LogP contribution in [0.25, 0.3) is 11.3 Å². The van der Waals surface area contributed by atoms with E-state index >= 15 is 0 Å². The van der Waals surface area contributed by atoms with Crippen molar-refractivity contribution in [3.05, 3.63) is 42.5 Å². The monoisotopic (exact) mass is 356 g/mol. The standard InChI is InChI=1S/C19H21FN4O2/c20-16-6-13(8-21-9-16)17-2-1-3-18(23-17)24-10-14-4-12(5-15(14)11-24)7-22-19(25)26/h1-3,6,8-9,12,14-15,22H,4-5,7,10-11H2,(H,25,26)/t12-,14-,15+. The average molecular weight is 356 g/mol. The van der Waals surface area contributed by atoms with E-state index in [1.807, 2.05) is 18.2 Å². The smallest absolute Gasteiger partial charge is 0.404 e. The summed E-state index contributed by atoms with van der Waals surface area (Å²) < 4.78 is 13.4. The first-order valence-corrected chi connectivity index (χ1v) is 8.88. The van der Waals surface area contributed by atoms with Crippen molar-refractivity contribution in [1.29, 1.82) is 0 Å². The zero-order chi connectivity index (χ0) is 18.1. The summed E-state index contributed by atoms with van der Waals surface area (Å²) in [6.45, 7) is 2.42. The highest BCUT2D eigenvalue weighted by Crippen LogP contribution is 2.42. The maximum Gasteiger partial charge on any atom is 0.404 e. The van der Waals surface area contributed by atoms with Gasteiger partial charge >= 0.3 is 6.09 Å². The predicted octanol–water partition coefficient (Wildman–Crippen LogP) is 3.01. The lowest BCUT2D eigenvalue weighted by Gasteiger charge is -2.20. The fourth-order valence-corrected chi connectivity index (χ4v) is 4.32. The third-order valence-electron chi connectivity index (χ3n) is 5.45. The van der Waals surface area contributed by atoms with Crippen LogP contribution in [0.15, 0.2) is 36.7 Å². The molecule has 3 atom stereocenters. The van der Waals surface area contributed by atoms with Crippen LogP contribution < -0.4 is 10.2 Å². The minimum Gasteiger partial charge on any atom is -0.465 e. The highest BCUT2D eigenvalue weighted by molar-refractivity contribution is 5.64. The molecule has 2 aliphatic rings. The van der Waals surface area contributed by atoms with E-state index in [0.29, 0.717) is 29.9 Å². The van der Waals surface area contributed by atoms with Crippen molar-refractivity contribution in [3.8, 4) is 11.3 Å². The number of aromatic nitrogens is 2. The molecule has 1 amide bonds. The summed E-state index contributed by atoms with van der Waals surface area (Å²) in [7, 11) is 0. The number of anilines is 1. The molecule has 2 N–H and O–H groups in total. The van der Waals surface area contributed by atoms with Crippen molar-refractivity contribution in [2.45, 2.75) is 12.8 Å². The summed E-state index contributed by atoms with van der Waals surface area (Å²) in [5, 5.41) is 11.3. The molecule has 0 radical (unpaired) electrons. The van der Waals surface area contributed by atoms with Gasteiger partial charge in [0.05, 0.1) is 11.9 Å². The molecule has 6 nitrogen and oxygen atoms in total. The summed E-state index contributed by atoms with van der Waals surface area (Å²) in [5.74, 6) is 2.13. The molecule has 26 heavy (non-hydrogen) atoms. The van der Waals surface area contributed by atoms with Gasteiger partial charge in [0.2, 0.25) is 0 Å². The van der Waals surface area contributed by atoms with E-state index < -0.39 is 6.09 Å². The molecular formula is C19H21FN4O2. The lowest BCUT2D eigenvalue weighted by atomic mass is 10.0. The van der Waals surface area contributed by atoms with Crippen molar-refractivity contribution in [2.75, 3.05) is 24.5 Å². The van der Waals surface area contributed by atoms with Gasteiger partial charge in [0.25, 0.3) is 0 Å². The van der Waals surface area contributed by atoms with E-state index in [1.165, 1.54) is 12.3 Å². The van der Waals surface area contributed by atoms with E-state index in [1.54, 1.807) is 6.20 Å².